The predicted molar refractivity (Wildman–Crippen MR) is 268 cm³/mol. The quantitative estimate of drug-likeness (QED) is 0.0192. The highest BCUT2D eigenvalue weighted by Crippen LogP contribution is 2.83. The Bertz CT molecular complexity index is 1360. The maximum Gasteiger partial charge on any atom is 0.320 e. The number of aliphatic carboxylic acids is 3. The number of carboxylic acids is 3. The third-order valence-corrected chi connectivity index (χ3v) is 22.9. The second-order valence-electron chi connectivity index (χ2n) is 15.8. The molecule has 382 valence electrons. The van der Waals surface area contributed by atoms with Gasteiger partial charge in [-0.15, -0.1) is 0 Å². The van der Waals surface area contributed by atoms with E-state index in [4.69, 9.17) is 34.9 Å². The van der Waals surface area contributed by atoms with E-state index in [1.807, 2.05) is 64.8 Å². The van der Waals surface area contributed by atoms with Crippen molar-refractivity contribution < 1.29 is 67.8 Å². The van der Waals surface area contributed by atoms with E-state index in [0.29, 0.717) is 48.0 Å². The zero-order chi connectivity index (χ0) is 48.5. The molecule has 0 aliphatic carbocycles. The summed E-state index contributed by atoms with van der Waals surface area (Å²) < 4.78 is 21.9. The number of carboxylic acid groups (broad SMARTS) is 3. The van der Waals surface area contributed by atoms with Crippen LogP contribution in [0.3, 0.4) is 0 Å². The minimum Gasteiger partial charge on any atom is -0.481 e. The Morgan fingerprint density at radius 3 is 1.59 bits per heavy atom. The molecule has 2 atom stereocenters. The van der Waals surface area contributed by atoms with Crippen LogP contribution in [0.2, 0.25) is 0 Å². The standard InChI is InChI=1S/C41H73N3O14.C2H2S6/c42-36(41(53)54)18-13-14-22-43-38(48)32-58-29-26-55-24-15-17-35(46)31-57-28-27-56-25-23-44-37(47)21-20-33(40(51)52)30-34(45)16-11-9-7-5-3-1-2-4-6-8-10-12-19-39(49)50;1-3-5-2(6-4-1)7-8-2/h33,36H,1-32,42H2,(H,43,48)(H,44,47)(H,49,50)(H,51,52)(H,53,54);1H2/t33-,36+;/m1./s1. The van der Waals surface area contributed by atoms with Gasteiger partial charge in [0.05, 0.1) is 44.0 Å². The second-order valence-corrected chi connectivity index (χ2v) is 25.2. The zero-order valence-corrected chi connectivity index (χ0v) is 43.2. The molecule has 2 aliphatic heterocycles. The van der Waals surface area contributed by atoms with Crippen LogP contribution in [0, 0.1) is 5.92 Å². The topological polar surface area (TPSA) is 267 Å². The average Bonchev–Trinajstić information content (AvgIpc) is 4.04. The summed E-state index contributed by atoms with van der Waals surface area (Å²) in [6.45, 7) is 1.99. The Hall–Kier alpha value is -1.41. The molecule has 7 N–H and O–H groups in total. The van der Waals surface area contributed by atoms with Gasteiger partial charge in [-0.1, -0.05) is 107 Å². The number of nitrogens with two attached hydrogens (primary N) is 1. The number of ether oxygens (including phenoxy) is 4. The van der Waals surface area contributed by atoms with Crippen molar-refractivity contribution in [2.75, 3.05) is 71.0 Å². The smallest absolute Gasteiger partial charge is 0.320 e. The van der Waals surface area contributed by atoms with Crippen molar-refractivity contribution >= 4 is 106 Å². The molecule has 0 saturated carbocycles. The number of amides is 2. The van der Waals surface area contributed by atoms with Gasteiger partial charge in [0.25, 0.3) is 0 Å². The number of carbonyl (C=O) groups excluding carboxylic acids is 4. The van der Waals surface area contributed by atoms with E-state index >= 15 is 0 Å². The van der Waals surface area contributed by atoms with Gasteiger partial charge in [-0.3, -0.25) is 33.6 Å². The van der Waals surface area contributed by atoms with Crippen molar-refractivity contribution in [3.05, 3.63) is 0 Å². The second kappa shape index (κ2) is 42.5. The number of nitrogens with one attached hydrogen (secondary N) is 2. The lowest BCUT2D eigenvalue weighted by atomic mass is 9.94. The molecule has 0 radical (unpaired) electrons. The first-order chi connectivity index (χ1) is 31.8. The van der Waals surface area contributed by atoms with E-state index < -0.39 is 29.9 Å². The minimum atomic E-state index is -1.08. The summed E-state index contributed by atoms with van der Waals surface area (Å²) in [5.74, 6) is -4.50. The van der Waals surface area contributed by atoms with Crippen molar-refractivity contribution in [1.82, 2.24) is 10.6 Å². The van der Waals surface area contributed by atoms with Gasteiger partial charge in [0, 0.05) is 51.8 Å². The molecule has 0 aromatic heterocycles. The predicted octanol–water partition coefficient (Wildman–Crippen LogP) is 7.93. The SMILES string of the molecule is C1SSC2(SS1)SS2.N[C@@H](CCCCNC(=O)COCCOCCCC(=O)COCCOCCNC(=O)CC[C@H](CC(=O)CCCCCCCCCCCCCCC(=O)O)C(=O)O)C(=O)O. The van der Waals surface area contributed by atoms with Gasteiger partial charge >= 0.3 is 17.9 Å². The molecule has 0 unspecified atom stereocenters. The van der Waals surface area contributed by atoms with Crippen LogP contribution < -0.4 is 16.4 Å². The van der Waals surface area contributed by atoms with Crippen molar-refractivity contribution in [1.29, 1.82) is 0 Å². The van der Waals surface area contributed by atoms with E-state index in [9.17, 15) is 38.7 Å². The van der Waals surface area contributed by atoms with Gasteiger partial charge in [-0.25, -0.2) is 0 Å². The fourth-order valence-electron chi connectivity index (χ4n) is 6.15. The number of rotatable bonds is 44. The lowest BCUT2D eigenvalue weighted by Gasteiger charge is -2.13. The van der Waals surface area contributed by atoms with Gasteiger partial charge in [0.1, 0.15) is 25.0 Å². The Morgan fingerprint density at radius 2 is 1.03 bits per heavy atom. The highest BCUT2D eigenvalue weighted by molar-refractivity contribution is 9.14. The molecular weight excluding hydrogens is 975 g/mol. The van der Waals surface area contributed by atoms with Crippen LogP contribution in [0.25, 0.3) is 0 Å². The lowest BCUT2D eigenvalue weighted by Crippen LogP contribution is -2.31. The molecule has 2 amide bonds. The number of Topliss-reactive ketones (excluding diaryl/α,β-unsaturated/α-hetero) is 2. The first-order valence-corrected chi connectivity index (χ1v) is 29.9. The summed E-state index contributed by atoms with van der Waals surface area (Å²) in [5.41, 5.74) is 5.42. The number of hydrogen-bond acceptors (Lipinski definition) is 18. The highest BCUT2D eigenvalue weighted by atomic mass is 33.2. The van der Waals surface area contributed by atoms with Gasteiger partial charge in [0.15, 0.2) is 8.53 Å². The molecule has 2 heterocycles. The minimum absolute atomic E-state index is 0.00453. The maximum atomic E-state index is 12.4. The normalized spacial score (nSPS) is 14.7. The lowest BCUT2D eigenvalue weighted by molar-refractivity contribution is -0.144. The molecule has 66 heavy (non-hydrogen) atoms. The fourth-order valence-corrected chi connectivity index (χ4v) is 19.2. The Morgan fingerprint density at radius 1 is 0.500 bits per heavy atom. The van der Waals surface area contributed by atoms with Gasteiger partial charge in [0.2, 0.25) is 11.8 Å². The Labute approximate surface area is 414 Å². The number of unbranched alkanes of at least 4 members (excludes halogenated alkanes) is 12. The summed E-state index contributed by atoms with van der Waals surface area (Å²) in [4.78, 5) is 81.1. The number of hydrogen-bond donors (Lipinski definition) is 6. The third kappa shape index (κ3) is 39.4. The molecule has 1 spiro atoms. The van der Waals surface area contributed by atoms with Crippen molar-refractivity contribution in [3.63, 3.8) is 0 Å². The van der Waals surface area contributed by atoms with Gasteiger partial charge < -0.3 is 50.6 Å². The van der Waals surface area contributed by atoms with Crippen LogP contribution in [0.5, 0.6) is 0 Å². The van der Waals surface area contributed by atoms with Crippen LogP contribution in [-0.4, -0.2) is 136 Å². The molecule has 23 heteroatoms. The average molecular weight is 1050 g/mol. The van der Waals surface area contributed by atoms with E-state index in [1.54, 1.807) is 0 Å². The van der Waals surface area contributed by atoms with E-state index in [1.165, 1.54) is 24.3 Å². The summed E-state index contributed by atoms with van der Waals surface area (Å²) in [6, 6.07) is -0.891. The molecule has 2 aliphatic rings. The van der Waals surface area contributed by atoms with Crippen molar-refractivity contribution in [2.24, 2.45) is 11.7 Å². The van der Waals surface area contributed by atoms with E-state index in [-0.39, 0.29) is 108 Å². The maximum absolute atomic E-state index is 12.4. The summed E-state index contributed by atoms with van der Waals surface area (Å²) in [5, 5.41) is 33.5. The first kappa shape index (κ1) is 62.6. The zero-order valence-electron chi connectivity index (χ0n) is 38.3. The van der Waals surface area contributed by atoms with Crippen molar-refractivity contribution in [3.8, 4) is 0 Å². The van der Waals surface area contributed by atoms with Crippen LogP contribution in [0.1, 0.15) is 141 Å². The molecule has 0 aromatic rings. The summed E-state index contributed by atoms with van der Waals surface area (Å²) in [6.07, 6.45) is 15.5. The highest BCUT2D eigenvalue weighted by Gasteiger charge is 2.50. The fraction of sp³-hybridized carbons (Fsp3) is 0.837. The summed E-state index contributed by atoms with van der Waals surface area (Å²) in [7, 11) is 12.0. The molecular formula is C43H75N3O14S6. The van der Waals surface area contributed by atoms with E-state index in [0.717, 1.165) is 57.8 Å². The van der Waals surface area contributed by atoms with Crippen LogP contribution in [-0.2, 0) is 52.5 Å². The molecule has 17 nitrogen and oxygen atoms in total. The van der Waals surface area contributed by atoms with Crippen molar-refractivity contribution in [2.45, 2.75) is 150 Å². The van der Waals surface area contributed by atoms with E-state index in [2.05, 4.69) is 10.6 Å². The molecule has 2 rings (SSSR count). The molecule has 0 aromatic carbocycles. The Balaban J connectivity index is 0.00000240. The van der Waals surface area contributed by atoms with Crippen LogP contribution in [0.15, 0.2) is 0 Å². The van der Waals surface area contributed by atoms with Crippen LogP contribution >= 0.6 is 64.8 Å². The molecule has 2 saturated heterocycles. The number of carbonyl (C=O) groups is 7. The Kier molecular flexibility index (Phi) is 40.3. The first-order valence-electron chi connectivity index (χ1n) is 23.1. The summed E-state index contributed by atoms with van der Waals surface area (Å²) >= 11 is 0. The van der Waals surface area contributed by atoms with Gasteiger partial charge in [-0.05, 0) is 66.5 Å². The monoisotopic (exact) mass is 1050 g/mol. The number of ketones is 2. The van der Waals surface area contributed by atoms with Gasteiger partial charge in [-0.2, -0.15) is 0 Å². The molecule has 2 fully saturated rings. The third-order valence-electron chi connectivity index (χ3n) is 9.91. The van der Waals surface area contributed by atoms with Crippen LogP contribution in [0.4, 0.5) is 0 Å². The largest absolute Gasteiger partial charge is 0.481 e. The molecule has 0 bridgehead atoms.